The van der Waals surface area contributed by atoms with Crippen molar-refractivity contribution in [2.24, 2.45) is 0 Å². The van der Waals surface area contributed by atoms with Gasteiger partial charge in [-0.25, -0.2) is 18.6 Å². The highest BCUT2D eigenvalue weighted by atomic mass is 19.4. The number of nitrogens with zero attached hydrogens (tertiary/aromatic N) is 1. The first kappa shape index (κ1) is 14.1. The zero-order valence-electron chi connectivity index (χ0n) is 8.89. The molecule has 4 nitrogen and oxygen atoms in total. The van der Waals surface area contributed by atoms with Crippen LogP contribution < -0.4 is 5.73 Å². The quantitative estimate of drug-likeness (QED) is 0.662. The lowest BCUT2D eigenvalue weighted by Gasteiger charge is -2.13. The van der Waals surface area contributed by atoms with E-state index in [1.165, 1.54) is 0 Å². The first-order chi connectivity index (χ1) is 8.18. The predicted molar refractivity (Wildman–Crippen MR) is 49.9 cm³/mol. The molecule has 0 aromatic carbocycles. The summed E-state index contributed by atoms with van der Waals surface area (Å²) in [6.07, 6.45) is -8.32. The maximum atomic E-state index is 12.6. The summed E-state index contributed by atoms with van der Waals surface area (Å²) in [7, 11) is 0.884. The summed E-state index contributed by atoms with van der Waals surface area (Å²) in [5.74, 6) is -1.27. The fourth-order valence-electron chi connectivity index (χ4n) is 1.21. The second kappa shape index (κ2) is 4.75. The van der Waals surface area contributed by atoms with Crippen LogP contribution in [0.25, 0.3) is 0 Å². The Kier molecular flexibility index (Phi) is 3.73. The molecule has 1 heterocycles. The van der Waals surface area contributed by atoms with E-state index in [4.69, 9.17) is 5.73 Å². The molecule has 0 unspecified atom stereocenters. The molecule has 0 aliphatic rings. The summed E-state index contributed by atoms with van der Waals surface area (Å²) in [6.45, 7) is 0. The van der Waals surface area contributed by atoms with E-state index in [0.29, 0.717) is 6.07 Å². The van der Waals surface area contributed by atoms with Crippen LogP contribution >= 0.6 is 0 Å². The van der Waals surface area contributed by atoms with Gasteiger partial charge in [0.05, 0.1) is 12.8 Å². The Morgan fingerprint density at radius 2 is 2.00 bits per heavy atom. The molecule has 0 bridgehead atoms. The highest BCUT2D eigenvalue weighted by Crippen LogP contribution is 2.33. The number of alkyl halides is 5. The van der Waals surface area contributed by atoms with Crippen LogP contribution in [0.5, 0.6) is 0 Å². The van der Waals surface area contributed by atoms with Crippen molar-refractivity contribution in [3.63, 3.8) is 0 Å². The molecule has 0 saturated heterocycles. The van der Waals surface area contributed by atoms with Gasteiger partial charge in [-0.1, -0.05) is 0 Å². The van der Waals surface area contributed by atoms with Crippen molar-refractivity contribution in [2.75, 3.05) is 12.8 Å². The molecule has 2 N–H and O–H groups in total. The molecule has 1 aromatic heterocycles. The van der Waals surface area contributed by atoms with Gasteiger partial charge in [0.1, 0.15) is 17.0 Å². The number of anilines is 1. The van der Waals surface area contributed by atoms with E-state index in [9.17, 15) is 26.7 Å². The number of carbonyl (C=O) groups is 1. The summed E-state index contributed by atoms with van der Waals surface area (Å²) in [5, 5.41) is 0. The van der Waals surface area contributed by atoms with Crippen LogP contribution in [0.4, 0.5) is 27.6 Å². The molecular weight excluding hydrogens is 263 g/mol. The van der Waals surface area contributed by atoms with Gasteiger partial charge in [-0.05, 0) is 6.07 Å². The lowest BCUT2D eigenvalue weighted by molar-refractivity contribution is -0.141. The Morgan fingerprint density at radius 1 is 1.44 bits per heavy atom. The number of pyridine rings is 1. The van der Waals surface area contributed by atoms with Crippen LogP contribution in [-0.4, -0.2) is 18.1 Å². The second-order valence-corrected chi connectivity index (χ2v) is 3.15. The van der Waals surface area contributed by atoms with E-state index in [1.807, 2.05) is 0 Å². The Morgan fingerprint density at radius 3 is 2.39 bits per heavy atom. The molecule has 0 fully saturated rings. The Labute approximate surface area is 97.6 Å². The van der Waals surface area contributed by atoms with Crippen molar-refractivity contribution in [1.82, 2.24) is 4.98 Å². The molecule has 1 rings (SSSR count). The topological polar surface area (TPSA) is 65.2 Å². The van der Waals surface area contributed by atoms with Gasteiger partial charge >= 0.3 is 12.1 Å². The maximum absolute atomic E-state index is 12.6. The molecule has 0 saturated carbocycles. The zero-order chi connectivity index (χ0) is 14.1. The third-order valence-corrected chi connectivity index (χ3v) is 1.96. The number of nitrogens with two attached hydrogens (primary N) is 1. The number of rotatable bonds is 2. The highest BCUT2D eigenvalue weighted by Gasteiger charge is 2.36. The van der Waals surface area contributed by atoms with Crippen molar-refractivity contribution in [2.45, 2.75) is 12.6 Å². The largest absolute Gasteiger partial charge is 0.465 e. The summed E-state index contributed by atoms with van der Waals surface area (Å²) in [4.78, 5) is 13.9. The van der Waals surface area contributed by atoms with Gasteiger partial charge in [0.25, 0.3) is 6.43 Å². The fourth-order valence-corrected chi connectivity index (χ4v) is 1.21. The van der Waals surface area contributed by atoms with E-state index in [0.717, 1.165) is 7.11 Å². The zero-order valence-corrected chi connectivity index (χ0v) is 8.89. The molecule has 0 amide bonds. The Hall–Kier alpha value is -1.93. The lowest BCUT2D eigenvalue weighted by atomic mass is 10.1. The number of esters is 1. The maximum Gasteiger partial charge on any atom is 0.433 e. The second-order valence-electron chi connectivity index (χ2n) is 3.15. The van der Waals surface area contributed by atoms with Gasteiger partial charge in [0.2, 0.25) is 0 Å². The number of hydrogen-bond acceptors (Lipinski definition) is 4. The van der Waals surface area contributed by atoms with Crippen LogP contribution in [0, 0.1) is 0 Å². The predicted octanol–water partition coefficient (Wildman–Crippen LogP) is 2.41. The fraction of sp³-hybridized carbons (Fsp3) is 0.333. The SMILES string of the molecule is COC(=O)c1c(N)cc(C(F)(F)F)nc1C(F)F. The number of ether oxygens (including phenoxy) is 1. The smallest absolute Gasteiger partial charge is 0.433 e. The van der Waals surface area contributed by atoms with Crippen molar-refractivity contribution >= 4 is 11.7 Å². The van der Waals surface area contributed by atoms with Crippen LogP contribution in [0.15, 0.2) is 6.07 Å². The van der Waals surface area contributed by atoms with E-state index in [-0.39, 0.29) is 0 Å². The molecule has 0 aliphatic carbocycles. The van der Waals surface area contributed by atoms with Crippen molar-refractivity contribution < 1.29 is 31.5 Å². The summed E-state index contributed by atoms with van der Waals surface area (Å²) < 4.78 is 66.4. The third-order valence-electron chi connectivity index (χ3n) is 1.96. The summed E-state index contributed by atoms with van der Waals surface area (Å²) >= 11 is 0. The van der Waals surface area contributed by atoms with Crippen molar-refractivity contribution in [3.8, 4) is 0 Å². The number of halogens is 5. The number of hydrogen-bond donors (Lipinski definition) is 1. The van der Waals surface area contributed by atoms with Crippen LogP contribution in [0.3, 0.4) is 0 Å². The molecule has 1 aromatic rings. The first-order valence-electron chi connectivity index (χ1n) is 4.42. The molecule has 100 valence electrons. The first-order valence-corrected chi connectivity index (χ1v) is 4.42. The molecular formula is C9H7F5N2O2. The number of methoxy groups -OCH3 is 1. The van der Waals surface area contributed by atoms with Crippen LogP contribution in [0.1, 0.15) is 28.2 Å². The molecule has 0 spiro atoms. The molecule has 18 heavy (non-hydrogen) atoms. The number of aromatic nitrogens is 1. The normalized spacial score (nSPS) is 11.7. The molecule has 0 aliphatic heterocycles. The monoisotopic (exact) mass is 270 g/mol. The summed E-state index contributed by atoms with van der Waals surface area (Å²) in [6, 6.07) is 0.304. The molecule has 0 atom stereocenters. The number of carbonyl (C=O) groups excluding carboxylic acids is 1. The van der Waals surface area contributed by atoms with Crippen molar-refractivity contribution in [1.29, 1.82) is 0 Å². The molecule has 9 heteroatoms. The van der Waals surface area contributed by atoms with Crippen molar-refractivity contribution in [3.05, 3.63) is 23.0 Å². The van der Waals surface area contributed by atoms with Gasteiger partial charge < -0.3 is 10.5 Å². The van der Waals surface area contributed by atoms with E-state index < -0.39 is 41.2 Å². The van der Waals surface area contributed by atoms with Gasteiger partial charge in [-0.2, -0.15) is 13.2 Å². The van der Waals surface area contributed by atoms with Gasteiger partial charge in [0.15, 0.2) is 0 Å². The summed E-state index contributed by atoms with van der Waals surface area (Å²) in [5.41, 5.74) is 0.587. The standard InChI is InChI=1S/C9H7F5N2O2/c1-18-8(17)5-3(15)2-4(9(12,13)14)16-6(5)7(10)11/h2,7H,1H3,(H2,15,16). The van der Waals surface area contributed by atoms with Gasteiger partial charge in [0, 0.05) is 0 Å². The highest BCUT2D eigenvalue weighted by molar-refractivity contribution is 5.96. The third kappa shape index (κ3) is 2.66. The van der Waals surface area contributed by atoms with Gasteiger partial charge in [-0.3, -0.25) is 0 Å². The average molecular weight is 270 g/mol. The Bertz CT molecular complexity index is 473. The minimum absolute atomic E-state index is 0.304. The Balaban J connectivity index is 3.51. The van der Waals surface area contributed by atoms with E-state index in [2.05, 4.69) is 9.72 Å². The van der Waals surface area contributed by atoms with Crippen LogP contribution in [0.2, 0.25) is 0 Å². The van der Waals surface area contributed by atoms with Crippen LogP contribution in [-0.2, 0) is 10.9 Å². The minimum atomic E-state index is -4.94. The average Bonchev–Trinajstić information content (AvgIpc) is 2.25. The van der Waals surface area contributed by atoms with E-state index >= 15 is 0 Å². The van der Waals surface area contributed by atoms with Gasteiger partial charge in [-0.15, -0.1) is 0 Å². The molecule has 0 radical (unpaired) electrons. The lowest BCUT2D eigenvalue weighted by Crippen LogP contribution is -2.17. The van der Waals surface area contributed by atoms with E-state index in [1.54, 1.807) is 0 Å². The number of nitrogen functional groups attached to an aromatic ring is 1. The minimum Gasteiger partial charge on any atom is -0.465 e.